The Morgan fingerprint density at radius 3 is 2.70 bits per heavy atom. The van der Waals surface area contributed by atoms with Gasteiger partial charge in [0.05, 0.1) is 13.2 Å². The molecule has 0 aliphatic heterocycles. The first-order valence-electron chi connectivity index (χ1n) is 7.31. The van der Waals surface area contributed by atoms with Gasteiger partial charge in [0, 0.05) is 5.54 Å². The van der Waals surface area contributed by atoms with E-state index in [4.69, 9.17) is 4.74 Å². The fourth-order valence-corrected chi connectivity index (χ4v) is 2.33. The Morgan fingerprint density at radius 1 is 1.35 bits per heavy atom. The van der Waals surface area contributed by atoms with Crippen molar-refractivity contribution in [1.82, 2.24) is 5.32 Å². The highest BCUT2D eigenvalue weighted by Crippen LogP contribution is 2.20. The number of aryl methyl sites for hydroxylation is 1. The lowest BCUT2D eigenvalue weighted by molar-refractivity contribution is 0.139. The van der Waals surface area contributed by atoms with Crippen LogP contribution in [0.15, 0.2) is 18.2 Å². The third kappa shape index (κ3) is 4.76. The molecule has 0 heterocycles. The van der Waals surface area contributed by atoms with Crippen molar-refractivity contribution in [3.63, 3.8) is 0 Å². The van der Waals surface area contributed by atoms with Crippen LogP contribution in [0.25, 0.3) is 0 Å². The molecular weight excluding hydrogens is 257 g/mol. The van der Waals surface area contributed by atoms with Gasteiger partial charge in [-0.15, -0.1) is 0 Å². The van der Waals surface area contributed by atoms with E-state index in [-0.39, 0.29) is 18.0 Å². The first-order chi connectivity index (χ1) is 9.56. The number of hydrogen-bond acceptors (Lipinski definition) is 3. The lowest BCUT2D eigenvalue weighted by Crippen LogP contribution is -2.48. The van der Waals surface area contributed by atoms with Gasteiger partial charge in [-0.1, -0.05) is 19.9 Å². The van der Waals surface area contributed by atoms with Gasteiger partial charge in [-0.25, -0.2) is 4.39 Å². The number of hydrogen-bond donors (Lipinski definition) is 2. The molecule has 1 rings (SSSR count). The zero-order valence-corrected chi connectivity index (χ0v) is 12.7. The summed E-state index contributed by atoms with van der Waals surface area (Å²) in [5, 5.41) is 12.9. The van der Waals surface area contributed by atoms with E-state index in [0.717, 1.165) is 31.4 Å². The van der Waals surface area contributed by atoms with E-state index in [1.54, 1.807) is 12.1 Å². The molecular formula is C16H26FNO2. The first-order valence-corrected chi connectivity index (χ1v) is 7.31. The number of rotatable bonds is 9. The fourth-order valence-electron chi connectivity index (χ4n) is 2.33. The van der Waals surface area contributed by atoms with E-state index in [1.807, 2.05) is 13.8 Å². The second-order valence-electron chi connectivity index (χ2n) is 5.21. The Balaban J connectivity index is 2.45. The molecule has 0 spiro atoms. The molecule has 0 radical (unpaired) electrons. The predicted molar refractivity (Wildman–Crippen MR) is 79.7 cm³/mol. The summed E-state index contributed by atoms with van der Waals surface area (Å²) in [6.45, 7) is 7.37. The molecule has 3 nitrogen and oxygen atoms in total. The number of halogens is 1. The summed E-state index contributed by atoms with van der Waals surface area (Å²) in [4.78, 5) is 0. The molecule has 0 aromatic heterocycles. The molecule has 0 saturated heterocycles. The van der Waals surface area contributed by atoms with Gasteiger partial charge < -0.3 is 15.2 Å². The second kappa shape index (κ2) is 8.22. The van der Waals surface area contributed by atoms with Gasteiger partial charge >= 0.3 is 0 Å². The van der Waals surface area contributed by atoms with Gasteiger partial charge in [0.2, 0.25) is 0 Å². The van der Waals surface area contributed by atoms with E-state index in [9.17, 15) is 9.50 Å². The zero-order valence-electron chi connectivity index (χ0n) is 12.7. The van der Waals surface area contributed by atoms with Crippen molar-refractivity contribution < 1.29 is 14.2 Å². The summed E-state index contributed by atoms with van der Waals surface area (Å²) in [5.41, 5.74) is 0.732. The average Bonchev–Trinajstić information content (AvgIpc) is 2.46. The molecule has 2 N–H and O–H groups in total. The van der Waals surface area contributed by atoms with Crippen molar-refractivity contribution >= 4 is 0 Å². The van der Waals surface area contributed by atoms with E-state index in [0.29, 0.717) is 12.4 Å². The summed E-state index contributed by atoms with van der Waals surface area (Å²) in [6.07, 6.45) is 2.44. The Kier molecular flexibility index (Phi) is 6.96. The summed E-state index contributed by atoms with van der Waals surface area (Å²) in [7, 11) is 0. The number of nitrogens with one attached hydrogen (secondary N) is 1. The molecule has 1 atom stereocenters. The van der Waals surface area contributed by atoms with Crippen LogP contribution in [0.5, 0.6) is 5.75 Å². The molecule has 114 valence electrons. The highest BCUT2D eigenvalue weighted by atomic mass is 19.1. The smallest absolute Gasteiger partial charge is 0.165 e. The van der Waals surface area contributed by atoms with Crippen molar-refractivity contribution in [1.29, 1.82) is 0 Å². The summed E-state index contributed by atoms with van der Waals surface area (Å²) < 4.78 is 19.0. The van der Waals surface area contributed by atoms with Crippen molar-refractivity contribution in [2.24, 2.45) is 0 Å². The van der Waals surface area contributed by atoms with Crippen LogP contribution in [0.2, 0.25) is 0 Å². The largest absolute Gasteiger partial charge is 0.491 e. The second-order valence-corrected chi connectivity index (χ2v) is 5.21. The third-order valence-electron chi connectivity index (χ3n) is 3.68. The van der Waals surface area contributed by atoms with Crippen molar-refractivity contribution in [2.75, 3.05) is 19.8 Å². The highest BCUT2D eigenvalue weighted by molar-refractivity contribution is 5.29. The van der Waals surface area contributed by atoms with Gasteiger partial charge in [-0.05, 0) is 50.4 Å². The van der Waals surface area contributed by atoms with Crippen LogP contribution in [-0.2, 0) is 0 Å². The molecule has 4 heteroatoms. The Labute approximate surface area is 121 Å². The van der Waals surface area contributed by atoms with Crippen LogP contribution < -0.4 is 10.1 Å². The molecule has 1 unspecified atom stereocenters. The molecule has 0 aliphatic carbocycles. The SMILES string of the molecule is CCNC(CC)(CO)CCCOc1cc(C)ccc1F. The normalized spacial score (nSPS) is 14.1. The number of aliphatic hydroxyl groups excluding tert-OH is 1. The minimum Gasteiger partial charge on any atom is -0.491 e. The standard InChI is InChI=1S/C16H26FNO2/c1-4-16(12-19,18-5-2)9-6-10-20-15-11-13(3)7-8-14(15)17/h7-8,11,18-19H,4-6,9-10,12H2,1-3H3. The fraction of sp³-hybridized carbons (Fsp3) is 0.625. The lowest BCUT2D eigenvalue weighted by Gasteiger charge is -2.31. The average molecular weight is 283 g/mol. The Hall–Kier alpha value is -1.13. The quantitative estimate of drug-likeness (QED) is 0.684. The van der Waals surface area contributed by atoms with Crippen molar-refractivity contribution in [3.05, 3.63) is 29.6 Å². The molecule has 0 fully saturated rings. The van der Waals surface area contributed by atoms with Gasteiger partial charge in [-0.3, -0.25) is 0 Å². The van der Waals surface area contributed by atoms with E-state index >= 15 is 0 Å². The van der Waals surface area contributed by atoms with Gasteiger partial charge in [0.25, 0.3) is 0 Å². The van der Waals surface area contributed by atoms with Crippen LogP contribution in [0.1, 0.15) is 38.7 Å². The molecule has 20 heavy (non-hydrogen) atoms. The maximum Gasteiger partial charge on any atom is 0.165 e. The van der Waals surface area contributed by atoms with Crippen LogP contribution in [0, 0.1) is 12.7 Å². The van der Waals surface area contributed by atoms with Crippen LogP contribution in [0.4, 0.5) is 4.39 Å². The Morgan fingerprint density at radius 2 is 2.10 bits per heavy atom. The van der Waals surface area contributed by atoms with Crippen LogP contribution in [-0.4, -0.2) is 30.4 Å². The molecule has 1 aromatic rings. The number of benzene rings is 1. The molecule has 0 bridgehead atoms. The van der Waals surface area contributed by atoms with Crippen molar-refractivity contribution in [2.45, 2.75) is 45.6 Å². The first kappa shape index (κ1) is 16.9. The van der Waals surface area contributed by atoms with Crippen molar-refractivity contribution in [3.8, 4) is 5.75 Å². The molecule has 1 aromatic carbocycles. The minimum absolute atomic E-state index is 0.107. The number of aliphatic hydroxyl groups is 1. The van der Waals surface area contributed by atoms with Crippen LogP contribution >= 0.6 is 0 Å². The minimum atomic E-state index is -0.328. The third-order valence-corrected chi connectivity index (χ3v) is 3.68. The van der Waals surface area contributed by atoms with Gasteiger partial charge in [0.1, 0.15) is 0 Å². The van der Waals surface area contributed by atoms with Gasteiger partial charge in [-0.2, -0.15) is 0 Å². The monoisotopic (exact) mass is 283 g/mol. The molecule has 0 amide bonds. The number of ether oxygens (including phenoxy) is 1. The topological polar surface area (TPSA) is 41.5 Å². The molecule has 0 aliphatic rings. The van der Waals surface area contributed by atoms with Crippen LogP contribution in [0.3, 0.4) is 0 Å². The maximum absolute atomic E-state index is 13.5. The summed E-state index contributed by atoms with van der Waals surface area (Å²) >= 11 is 0. The maximum atomic E-state index is 13.5. The zero-order chi connectivity index (χ0) is 15.0. The summed E-state index contributed by atoms with van der Waals surface area (Å²) in [6, 6.07) is 4.85. The van der Waals surface area contributed by atoms with E-state index in [2.05, 4.69) is 12.2 Å². The molecule has 0 saturated carbocycles. The lowest BCUT2D eigenvalue weighted by atomic mass is 9.91. The van der Waals surface area contributed by atoms with E-state index in [1.165, 1.54) is 6.07 Å². The summed E-state index contributed by atoms with van der Waals surface area (Å²) in [5.74, 6) is -0.0225. The van der Waals surface area contributed by atoms with Gasteiger partial charge in [0.15, 0.2) is 11.6 Å². The Bertz CT molecular complexity index is 405. The predicted octanol–water partition coefficient (Wildman–Crippen LogP) is 3.04. The highest BCUT2D eigenvalue weighted by Gasteiger charge is 2.25. The number of likely N-dealkylation sites (N-methyl/N-ethyl adjacent to an activating group) is 1. The van der Waals surface area contributed by atoms with E-state index < -0.39 is 0 Å².